The first-order valence-electron chi connectivity index (χ1n) is 11.3. The Bertz CT molecular complexity index is 1370. The summed E-state index contributed by atoms with van der Waals surface area (Å²) in [5.74, 6) is -0.706. The molecule has 1 heterocycles. The van der Waals surface area contributed by atoms with E-state index in [4.69, 9.17) is 9.15 Å². The molecule has 0 aliphatic carbocycles. The lowest BCUT2D eigenvalue weighted by Gasteiger charge is -2.10. The highest BCUT2D eigenvalue weighted by molar-refractivity contribution is 5.97. The molecular weight excluding hydrogens is 430 g/mol. The van der Waals surface area contributed by atoms with E-state index >= 15 is 0 Å². The van der Waals surface area contributed by atoms with Gasteiger partial charge in [-0.2, -0.15) is 0 Å². The van der Waals surface area contributed by atoms with Gasteiger partial charge in [-0.25, -0.2) is 9.59 Å². The third-order valence-electron chi connectivity index (χ3n) is 5.46. The van der Waals surface area contributed by atoms with Crippen LogP contribution in [0.25, 0.3) is 11.0 Å². The second-order valence-corrected chi connectivity index (χ2v) is 7.94. The van der Waals surface area contributed by atoms with Crippen LogP contribution >= 0.6 is 0 Å². The molecule has 0 radical (unpaired) electrons. The van der Waals surface area contributed by atoms with Crippen molar-refractivity contribution in [3.8, 4) is 5.75 Å². The third-order valence-corrected chi connectivity index (χ3v) is 5.46. The molecule has 0 unspecified atom stereocenters. The fourth-order valence-corrected chi connectivity index (χ4v) is 3.67. The van der Waals surface area contributed by atoms with E-state index in [0.29, 0.717) is 23.9 Å². The maximum atomic E-state index is 12.9. The number of carbonyl (C=O) groups excluding carboxylic acids is 2. The van der Waals surface area contributed by atoms with Crippen molar-refractivity contribution < 1.29 is 18.7 Å². The number of rotatable bonds is 8. The Kier molecular flexibility index (Phi) is 7.18. The van der Waals surface area contributed by atoms with Crippen LogP contribution in [-0.4, -0.2) is 18.4 Å². The molecule has 0 aliphatic heterocycles. The number of benzene rings is 3. The molecule has 4 rings (SSSR count). The third kappa shape index (κ3) is 5.41. The Morgan fingerprint density at radius 2 is 1.65 bits per heavy atom. The number of nitrogens with one attached hydrogen (secondary N) is 1. The van der Waals surface area contributed by atoms with Crippen LogP contribution in [0.1, 0.15) is 45.2 Å². The SMILES string of the molecule is CCCNC(=O)c1cc2ccc(OC(=O)c3ccccc3CCc3ccccc3)cc2oc1=O. The molecule has 0 spiro atoms. The predicted molar refractivity (Wildman–Crippen MR) is 130 cm³/mol. The highest BCUT2D eigenvalue weighted by atomic mass is 16.5. The summed E-state index contributed by atoms with van der Waals surface area (Å²) in [6.45, 7) is 2.39. The largest absolute Gasteiger partial charge is 0.423 e. The van der Waals surface area contributed by atoms with E-state index in [1.54, 1.807) is 24.3 Å². The Morgan fingerprint density at radius 3 is 2.44 bits per heavy atom. The summed E-state index contributed by atoms with van der Waals surface area (Å²) in [6.07, 6.45) is 2.26. The van der Waals surface area contributed by atoms with Gasteiger partial charge in [0.05, 0.1) is 5.56 Å². The molecule has 172 valence electrons. The molecule has 0 fully saturated rings. The lowest BCUT2D eigenvalue weighted by Crippen LogP contribution is -2.28. The summed E-state index contributed by atoms with van der Waals surface area (Å²) in [6, 6.07) is 23.7. The fraction of sp³-hybridized carbons (Fsp3) is 0.179. The van der Waals surface area contributed by atoms with E-state index in [2.05, 4.69) is 17.4 Å². The van der Waals surface area contributed by atoms with Crippen LogP contribution in [0, 0.1) is 0 Å². The first kappa shape index (κ1) is 23.0. The van der Waals surface area contributed by atoms with Crippen molar-refractivity contribution in [2.45, 2.75) is 26.2 Å². The number of hydrogen-bond acceptors (Lipinski definition) is 5. The number of esters is 1. The van der Waals surface area contributed by atoms with Gasteiger partial charge in [0.25, 0.3) is 5.91 Å². The first-order chi connectivity index (χ1) is 16.5. The average molecular weight is 456 g/mol. The van der Waals surface area contributed by atoms with Gasteiger partial charge in [0.1, 0.15) is 16.9 Å². The zero-order valence-corrected chi connectivity index (χ0v) is 18.9. The molecule has 34 heavy (non-hydrogen) atoms. The van der Waals surface area contributed by atoms with E-state index in [1.165, 1.54) is 17.7 Å². The van der Waals surface area contributed by atoms with Crippen LogP contribution in [0.2, 0.25) is 0 Å². The second kappa shape index (κ2) is 10.6. The van der Waals surface area contributed by atoms with Crippen molar-refractivity contribution in [3.63, 3.8) is 0 Å². The molecule has 0 aliphatic rings. The number of ether oxygens (including phenoxy) is 1. The van der Waals surface area contributed by atoms with E-state index in [9.17, 15) is 14.4 Å². The molecule has 1 aromatic heterocycles. The van der Waals surface area contributed by atoms with Crippen LogP contribution < -0.4 is 15.7 Å². The molecule has 6 nitrogen and oxygen atoms in total. The Labute approximate surface area is 197 Å². The van der Waals surface area contributed by atoms with Gasteiger partial charge in [-0.3, -0.25) is 4.79 Å². The molecule has 1 amide bonds. The molecule has 3 aromatic carbocycles. The van der Waals surface area contributed by atoms with E-state index < -0.39 is 17.5 Å². The molecule has 6 heteroatoms. The highest BCUT2D eigenvalue weighted by Crippen LogP contribution is 2.22. The lowest BCUT2D eigenvalue weighted by molar-refractivity contribution is 0.0733. The van der Waals surface area contributed by atoms with Crippen molar-refractivity contribution in [1.29, 1.82) is 0 Å². The number of aryl methyl sites for hydroxylation is 2. The summed E-state index contributed by atoms with van der Waals surface area (Å²) in [5.41, 5.74) is 2.01. The molecule has 1 N–H and O–H groups in total. The Hall–Kier alpha value is -4.19. The summed E-state index contributed by atoms with van der Waals surface area (Å²) in [7, 11) is 0. The Morgan fingerprint density at radius 1 is 0.882 bits per heavy atom. The number of hydrogen-bond donors (Lipinski definition) is 1. The highest BCUT2D eigenvalue weighted by Gasteiger charge is 2.16. The number of carbonyl (C=O) groups is 2. The summed E-state index contributed by atoms with van der Waals surface area (Å²) < 4.78 is 10.9. The van der Waals surface area contributed by atoms with Gasteiger partial charge in [-0.1, -0.05) is 55.5 Å². The van der Waals surface area contributed by atoms with Crippen LogP contribution in [0.15, 0.2) is 88.1 Å². The van der Waals surface area contributed by atoms with Gasteiger partial charge >= 0.3 is 11.6 Å². The normalized spacial score (nSPS) is 10.7. The zero-order valence-electron chi connectivity index (χ0n) is 18.9. The molecule has 0 saturated carbocycles. The van der Waals surface area contributed by atoms with Crippen molar-refractivity contribution in [1.82, 2.24) is 5.32 Å². The summed E-state index contributed by atoms with van der Waals surface area (Å²) >= 11 is 0. The van der Waals surface area contributed by atoms with E-state index in [0.717, 1.165) is 18.4 Å². The lowest BCUT2D eigenvalue weighted by atomic mass is 10.00. The minimum absolute atomic E-state index is 0.0574. The minimum Gasteiger partial charge on any atom is -0.423 e. The smallest absolute Gasteiger partial charge is 0.349 e. The molecule has 0 bridgehead atoms. The zero-order chi connectivity index (χ0) is 23.9. The standard InChI is InChI=1S/C28H25NO5/c1-2-16-29-26(30)24-17-21-14-15-22(18-25(21)34-28(24)32)33-27(31)23-11-7-6-10-20(23)13-12-19-8-4-3-5-9-19/h3-11,14-15,17-18H,2,12-13,16H2,1H3,(H,29,30). The first-order valence-corrected chi connectivity index (χ1v) is 11.3. The van der Waals surface area contributed by atoms with Crippen LogP contribution in [-0.2, 0) is 12.8 Å². The van der Waals surface area contributed by atoms with Gasteiger partial charge in [-0.05, 0) is 54.7 Å². The average Bonchev–Trinajstić information content (AvgIpc) is 2.86. The molecule has 0 atom stereocenters. The summed E-state index contributed by atoms with van der Waals surface area (Å²) in [5, 5.41) is 3.23. The number of fused-ring (bicyclic) bond motifs is 1. The van der Waals surface area contributed by atoms with E-state index in [-0.39, 0.29) is 16.9 Å². The molecule has 0 saturated heterocycles. The quantitative estimate of drug-likeness (QED) is 0.231. The molecular formula is C28H25NO5. The van der Waals surface area contributed by atoms with Gasteiger partial charge in [0, 0.05) is 18.0 Å². The fourth-order valence-electron chi connectivity index (χ4n) is 3.67. The van der Waals surface area contributed by atoms with Gasteiger partial charge < -0.3 is 14.5 Å². The minimum atomic E-state index is -0.740. The van der Waals surface area contributed by atoms with E-state index in [1.807, 2.05) is 37.3 Å². The monoisotopic (exact) mass is 455 g/mol. The van der Waals surface area contributed by atoms with Crippen LogP contribution in [0.4, 0.5) is 0 Å². The Balaban J connectivity index is 1.52. The molecule has 4 aromatic rings. The van der Waals surface area contributed by atoms with Gasteiger partial charge in [-0.15, -0.1) is 0 Å². The van der Waals surface area contributed by atoms with Crippen molar-refractivity contribution in [2.24, 2.45) is 0 Å². The van der Waals surface area contributed by atoms with Crippen molar-refractivity contribution >= 4 is 22.8 Å². The second-order valence-electron chi connectivity index (χ2n) is 7.94. The number of amides is 1. The summed E-state index contributed by atoms with van der Waals surface area (Å²) in [4.78, 5) is 37.4. The van der Waals surface area contributed by atoms with Crippen molar-refractivity contribution in [3.05, 3.63) is 112 Å². The maximum absolute atomic E-state index is 12.9. The maximum Gasteiger partial charge on any atom is 0.349 e. The van der Waals surface area contributed by atoms with Crippen LogP contribution in [0.5, 0.6) is 5.75 Å². The predicted octanol–water partition coefficient (Wildman–Crippen LogP) is 4.94. The van der Waals surface area contributed by atoms with Gasteiger partial charge in [0.15, 0.2) is 0 Å². The van der Waals surface area contributed by atoms with Crippen molar-refractivity contribution in [2.75, 3.05) is 6.54 Å². The van der Waals surface area contributed by atoms with Crippen LogP contribution in [0.3, 0.4) is 0 Å². The van der Waals surface area contributed by atoms with Gasteiger partial charge in [0.2, 0.25) is 0 Å². The topological polar surface area (TPSA) is 85.6 Å².